The van der Waals surface area contributed by atoms with Crippen LogP contribution in [0.4, 0.5) is 0 Å². The van der Waals surface area contributed by atoms with Gasteiger partial charge in [-0.05, 0) is 44.4 Å². The van der Waals surface area contributed by atoms with Crippen LogP contribution in [0.15, 0.2) is 0 Å². The van der Waals surface area contributed by atoms with Crippen LogP contribution < -0.4 is 5.32 Å². The largest absolute Gasteiger partial charge is 0.481 e. The fraction of sp³-hybridized carbons (Fsp3) is 0.875. The molecular formula is C16H25NO5S. The van der Waals surface area contributed by atoms with E-state index < -0.39 is 27.3 Å². The predicted molar refractivity (Wildman–Crippen MR) is 84.6 cm³/mol. The van der Waals surface area contributed by atoms with E-state index in [2.05, 4.69) is 5.32 Å². The lowest BCUT2D eigenvalue weighted by Gasteiger charge is -2.40. The molecule has 0 radical (unpaired) electrons. The molecule has 0 unspecified atom stereocenters. The molecule has 3 fully saturated rings. The van der Waals surface area contributed by atoms with Crippen molar-refractivity contribution in [2.75, 3.05) is 11.5 Å². The highest BCUT2D eigenvalue weighted by Crippen LogP contribution is 2.60. The number of carbonyl (C=O) groups is 2. The SMILES string of the molecule is C[C@]1(NC(=O)[C@H]2CC23CCS(=O)(=O)CC3)CCCC[C@@H]1C(=O)O. The number of carboxylic acids is 1. The van der Waals surface area contributed by atoms with Gasteiger partial charge in [0.25, 0.3) is 0 Å². The molecule has 3 atom stereocenters. The summed E-state index contributed by atoms with van der Waals surface area (Å²) in [7, 11) is -2.93. The van der Waals surface area contributed by atoms with E-state index >= 15 is 0 Å². The van der Waals surface area contributed by atoms with Crippen molar-refractivity contribution in [2.24, 2.45) is 17.3 Å². The molecule has 0 aromatic heterocycles. The molecule has 2 N–H and O–H groups in total. The first-order valence-corrected chi connectivity index (χ1v) is 10.2. The van der Waals surface area contributed by atoms with E-state index in [0.29, 0.717) is 25.7 Å². The summed E-state index contributed by atoms with van der Waals surface area (Å²) >= 11 is 0. The molecule has 0 aromatic rings. The smallest absolute Gasteiger partial charge is 0.308 e. The summed E-state index contributed by atoms with van der Waals surface area (Å²) in [6, 6.07) is 0. The molecule has 130 valence electrons. The average Bonchev–Trinajstić information content (AvgIpc) is 3.17. The predicted octanol–water partition coefficient (Wildman–Crippen LogP) is 1.35. The van der Waals surface area contributed by atoms with Crippen LogP contribution in [0.5, 0.6) is 0 Å². The number of hydrogen-bond acceptors (Lipinski definition) is 4. The Hall–Kier alpha value is -1.11. The Morgan fingerprint density at radius 3 is 2.35 bits per heavy atom. The van der Waals surface area contributed by atoms with Gasteiger partial charge in [0.15, 0.2) is 0 Å². The van der Waals surface area contributed by atoms with Crippen molar-refractivity contribution in [1.29, 1.82) is 0 Å². The fourth-order valence-electron chi connectivity index (χ4n) is 4.46. The number of amides is 1. The number of rotatable bonds is 3. The molecular weight excluding hydrogens is 318 g/mol. The van der Waals surface area contributed by atoms with Gasteiger partial charge >= 0.3 is 5.97 Å². The highest BCUT2D eigenvalue weighted by atomic mass is 32.2. The van der Waals surface area contributed by atoms with Crippen molar-refractivity contribution < 1.29 is 23.1 Å². The van der Waals surface area contributed by atoms with E-state index in [9.17, 15) is 23.1 Å². The van der Waals surface area contributed by atoms with Crippen LogP contribution in [0.3, 0.4) is 0 Å². The van der Waals surface area contributed by atoms with Gasteiger partial charge in [-0.25, -0.2) is 8.42 Å². The van der Waals surface area contributed by atoms with Gasteiger partial charge in [0.05, 0.1) is 23.0 Å². The molecule has 1 aliphatic heterocycles. The van der Waals surface area contributed by atoms with Gasteiger partial charge in [0.1, 0.15) is 9.84 Å². The summed E-state index contributed by atoms with van der Waals surface area (Å²) in [5, 5.41) is 12.4. The first-order chi connectivity index (χ1) is 10.7. The lowest BCUT2D eigenvalue weighted by atomic mass is 9.73. The maximum Gasteiger partial charge on any atom is 0.308 e. The van der Waals surface area contributed by atoms with E-state index in [0.717, 1.165) is 19.3 Å². The van der Waals surface area contributed by atoms with Crippen molar-refractivity contribution in [3.63, 3.8) is 0 Å². The standard InChI is InChI=1S/C16H25NO5S/c1-15(5-3-2-4-11(15)14(19)20)17-13(18)12-10-16(12)6-8-23(21,22)9-7-16/h11-12H,2-10H2,1H3,(H,17,18)(H,19,20)/t11-,12-,15+/m1/s1. The number of carboxylic acid groups (broad SMARTS) is 1. The third-order valence-corrected chi connectivity index (χ3v) is 7.90. The molecule has 3 rings (SSSR count). The van der Waals surface area contributed by atoms with Gasteiger partial charge < -0.3 is 10.4 Å². The van der Waals surface area contributed by atoms with Crippen LogP contribution in [-0.2, 0) is 19.4 Å². The minimum atomic E-state index is -2.93. The van der Waals surface area contributed by atoms with Gasteiger partial charge in [0.2, 0.25) is 5.91 Å². The minimum Gasteiger partial charge on any atom is -0.481 e. The second kappa shape index (κ2) is 5.46. The first-order valence-electron chi connectivity index (χ1n) is 8.43. The van der Waals surface area contributed by atoms with Gasteiger partial charge in [-0.3, -0.25) is 9.59 Å². The molecule has 1 spiro atoms. The Morgan fingerprint density at radius 2 is 1.74 bits per heavy atom. The summed E-state index contributed by atoms with van der Waals surface area (Å²) in [4.78, 5) is 24.1. The maximum atomic E-state index is 12.6. The van der Waals surface area contributed by atoms with E-state index in [-0.39, 0.29) is 28.7 Å². The molecule has 1 saturated heterocycles. The zero-order chi connectivity index (χ0) is 16.9. The quantitative estimate of drug-likeness (QED) is 0.805. The molecule has 0 bridgehead atoms. The Kier molecular flexibility index (Phi) is 3.98. The zero-order valence-corrected chi connectivity index (χ0v) is 14.3. The summed E-state index contributed by atoms with van der Waals surface area (Å²) < 4.78 is 23.1. The van der Waals surface area contributed by atoms with Crippen molar-refractivity contribution in [3.8, 4) is 0 Å². The molecule has 7 heteroatoms. The van der Waals surface area contributed by atoms with Gasteiger partial charge in [0, 0.05) is 5.92 Å². The lowest BCUT2D eigenvalue weighted by molar-refractivity contribution is -0.146. The Bertz CT molecular complexity index is 614. The summed E-state index contributed by atoms with van der Waals surface area (Å²) in [5.74, 6) is -1.27. The number of hydrogen-bond donors (Lipinski definition) is 2. The van der Waals surface area contributed by atoms with Crippen LogP contribution in [0.25, 0.3) is 0 Å². The molecule has 3 aliphatic rings. The maximum absolute atomic E-state index is 12.6. The van der Waals surface area contributed by atoms with Gasteiger partial charge in [-0.1, -0.05) is 12.8 Å². The number of sulfone groups is 1. The minimum absolute atomic E-state index is 0.0834. The zero-order valence-electron chi connectivity index (χ0n) is 13.5. The van der Waals surface area contributed by atoms with Crippen molar-refractivity contribution in [3.05, 3.63) is 0 Å². The van der Waals surface area contributed by atoms with E-state index in [4.69, 9.17) is 0 Å². The summed E-state index contributed by atoms with van der Waals surface area (Å²) in [6.45, 7) is 1.84. The van der Waals surface area contributed by atoms with Gasteiger partial charge in [-0.2, -0.15) is 0 Å². The second-order valence-corrected chi connectivity index (χ2v) is 10.1. The fourth-order valence-corrected chi connectivity index (χ4v) is 6.10. The molecule has 6 nitrogen and oxygen atoms in total. The van der Waals surface area contributed by atoms with Crippen LogP contribution in [-0.4, -0.2) is 42.4 Å². The molecule has 2 aliphatic carbocycles. The van der Waals surface area contributed by atoms with Crippen molar-refractivity contribution in [2.45, 2.75) is 57.4 Å². The lowest BCUT2D eigenvalue weighted by Crippen LogP contribution is -2.56. The van der Waals surface area contributed by atoms with Crippen LogP contribution in [0, 0.1) is 17.3 Å². The topological polar surface area (TPSA) is 101 Å². The molecule has 2 saturated carbocycles. The first kappa shape index (κ1) is 16.7. The Balaban J connectivity index is 1.65. The Labute approximate surface area is 136 Å². The molecule has 1 heterocycles. The summed E-state index contributed by atoms with van der Waals surface area (Å²) in [6.07, 6.45) is 4.95. The number of aliphatic carboxylic acids is 1. The monoisotopic (exact) mass is 343 g/mol. The van der Waals surface area contributed by atoms with E-state index in [1.807, 2.05) is 6.92 Å². The van der Waals surface area contributed by atoms with Crippen molar-refractivity contribution >= 4 is 21.7 Å². The van der Waals surface area contributed by atoms with E-state index in [1.54, 1.807) is 0 Å². The third kappa shape index (κ3) is 3.12. The average molecular weight is 343 g/mol. The normalized spacial score (nSPS) is 38.0. The van der Waals surface area contributed by atoms with Gasteiger partial charge in [-0.15, -0.1) is 0 Å². The highest BCUT2D eigenvalue weighted by molar-refractivity contribution is 7.91. The van der Waals surface area contributed by atoms with Crippen LogP contribution in [0.1, 0.15) is 51.9 Å². The second-order valence-electron chi connectivity index (χ2n) is 7.81. The van der Waals surface area contributed by atoms with E-state index in [1.165, 1.54) is 0 Å². The van der Waals surface area contributed by atoms with Crippen LogP contribution >= 0.6 is 0 Å². The molecule has 0 aromatic carbocycles. The third-order valence-electron chi connectivity index (χ3n) is 6.24. The molecule has 1 amide bonds. The summed E-state index contributed by atoms with van der Waals surface area (Å²) in [5.41, 5.74) is -0.842. The van der Waals surface area contributed by atoms with Crippen molar-refractivity contribution in [1.82, 2.24) is 5.32 Å². The number of carbonyl (C=O) groups excluding carboxylic acids is 1. The number of nitrogens with one attached hydrogen (secondary N) is 1. The van der Waals surface area contributed by atoms with Crippen LogP contribution in [0.2, 0.25) is 0 Å². The molecule has 23 heavy (non-hydrogen) atoms. The Morgan fingerprint density at radius 1 is 1.09 bits per heavy atom. The highest BCUT2D eigenvalue weighted by Gasteiger charge is 2.60.